The standard InChI is InChI=1S/C25H40N2/c26-24(15-5-1-6-16-24)18-21-11-13-22(14-12-21)23-10-4-7-17-25(23,27)19-20-8-2-3-9-20/h11-14,20,23H,1-10,15-19,26-27H2. The molecule has 0 bridgehead atoms. The van der Waals surface area contributed by atoms with Gasteiger partial charge in [0, 0.05) is 17.0 Å². The van der Waals surface area contributed by atoms with E-state index in [4.69, 9.17) is 11.5 Å². The summed E-state index contributed by atoms with van der Waals surface area (Å²) in [4.78, 5) is 0. The van der Waals surface area contributed by atoms with Crippen molar-refractivity contribution >= 4 is 0 Å². The van der Waals surface area contributed by atoms with Gasteiger partial charge in [-0.2, -0.15) is 0 Å². The van der Waals surface area contributed by atoms with Crippen LogP contribution in [0, 0.1) is 5.92 Å². The highest BCUT2D eigenvalue weighted by Crippen LogP contribution is 2.45. The normalized spacial score (nSPS) is 31.9. The van der Waals surface area contributed by atoms with Gasteiger partial charge in [-0.15, -0.1) is 0 Å². The second-order valence-electron chi connectivity index (χ2n) is 10.2. The summed E-state index contributed by atoms with van der Waals surface area (Å²) in [5, 5.41) is 0. The van der Waals surface area contributed by atoms with Gasteiger partial charge in [-0.05, 0) is 55.6 Å². The van der Waals surface area contributed by atoms with E-state index in [2.05, 4.69) is 24.3 Å². The summed E-state index contributed by atoms with van der Waals surface area (Å²) in [5.41, 5.74) is 16.7. The third-order valence-electron chi connectivity index (χ3n) is 8.01. The van der Waals surface area contributed by atoms with E-state index in [0.29, 0.717) is 5.92 Å². The summed E-state index contributed by atoms with van der Waals surface area (Å²) in [5.74, 6) is 1.42. The van der Waals surface area contributed by atoms with Crippen LogP contribution in [0.2, 0.25) is 0 Å². The van der Waals surface area contributed by atoms with Crippen molar-refractivity contribution in [2.45, 2.75) is 113 Å². The zero-order valence-electron chi connectivity index (χ0n) is 17.2. The SMILES string of the molecule is NC1(Cc2ccc(C3CCCCC3(N)CC3CCCC3)cc2)CCCCC1. The van der Waals surface area contributed by atoms with Crippen molar-refractivity contribution in [3.05, 3.63) is 35.4 Å². The molecule has 0 spiro atoms. The Morgan fingerprint density at radius 2 is 1.37 bits per heavy atom. The first-order valence-corrected chi connectivity index (χ1v) is 11.7. The van der Waals surface area contributed by atoms with Gasteiger partial charge in [-0.3, -0.25) is 0 Å². The zero-order valence-corrected chi connectivity index (χ0v) is 17.2. The molecule has 0 aliphatic heterocycles. The molecule has 0 radical (unpaired) electrons. The first-order chi connectivity index (χ1) is 13.1. The Balaban J connectivity index is 1.45. The number of benzene rings is 1. The molecular weight excluding hydrogens is 328 g/mol. The maximum Gasteiger partial charge on any atom is 0.0226 e. The molecule has 2 unspecified atom stereocenters. The molecule has 1 aromatic rings. The highest BCUT2D eigenvalue weighted by Gasteiger charge is 2.40. The van der Waals surface area contributed by atoms with Gasteiger partial charge >= 0.3 is 0 Å². The van der Waals surface area contributed by atoms with E-state index in [9.17, 15) is 0 Å². The van der Waals surface area contributed by atoms with Crippen LogP contribution in [0.5, 0.6) is 0 Å². The van der Waals surface area contributed by atoms with E-state index in [0.717, 1.165) is 12.3 Å². The zero-order chi connectivity index (χ0) is 18.7. The molecular formula is C25H40N2. The Bertz CT molecular complexity index is 595. The second-order valence-corrected chi connectivity index (χ2v) is 10.2. The van der Waals surface area contributed by atoms with Crippen molar-refractivity contribution in [1.82, 2.24) is 0 Å². The quantitative estimate of drug-likeness (QED) is 0.687. The molecule has 3 aliphatic rings. The fourth-order valence-electron chi connectivity index (χ4n) is 6.47. The van der Waals surface area contributed by atoms with Crippen LogP contribution in [0.3, 0.4) is 0 Å². The van der Waals surface area contributed by atoms with E-state index in [-0.39, 0.29) is 11.1 Å². The second kappa shape index (κ2) is 8.25. The minimum absolute atomic E-state index is 0.0211. The largest absolute Gasteiger partial charge is 0.325 e. The molecule has 150 valence electrons. The molecule has 0 aromatic heterocycles. The van der Waals surface area contributed by atoms with Crippen molar-refractivity contribution in [1.29, 1.82) is 0 Å². The van der Waals surface area contributed by atoms with Crippen LogP contribution < -0.4 is 11.5 Å². The first kappa shape index (κ1) is 19.5. The van der Waals surface area contributed by atoms with E-state index >= 15 is 0 Å². The summed E-state index contributed by atoms with van der Waals surface area (Å²) in [6.07, 6.45) is 19.4. The molecule has 3 saturated carbocycles. The summed E-state index contributed by atoms with van der Waals surface area (Å²) in [6, 6.07) is 9.47. The highest BCUT2D eigenvalue weighted by atomic mass is 14.8. The predicted octanol–water partition coefficient (Wildman–Crippen LogP) is 5.83. The molecule has 4 rings (SSSR count). The van der Waals surface area contributed by atoms with Gasteiger partial charge in [0.25, 0.3) is 0 Å². The number of nitrogens with two attached hydrogens (primary N) is 2. The molecule has 2 atom stereocenters. The van der Waals surface area contributed by atoms with Crippen LogP contribution in [-0.2, 0) is 6.42 Å². The van der Waals surface area contributed by atoms with E-state index in [1.54, 1.807) is 0 Å². The molecule has 0 heterocycles. The van der Waals surface area contributed by atoms with Gasteiger partial charge in [-0.1, -0.05) is 82.1 Å². The van der Waals surface area contributed by atoms with Crippen LogP contribution in [0.1, 0.15) is 107 Å². The van der Waals surface area contributed by atoms with Gasteiger partial charge in [-0.25, -0.2) is 0 Å². The van der Waals surface area contributed by atoms with E-state index in [1.807, 2.05) is 0 Å². The lowest BCUT2D eigenvalue weighted by Gasteiger charge is -2.43. The van der Waals surface area contributed by atoms with E-state index < -0.39 is 0 Å². The number of rotatable bonds is 5. The molecule has 27 heavy (non-hydrogen) atoms. The van der Waals surface area contributed by atoms with Gasteiger partial charge in [0.1, 0.15) is 0 Å². The smallest absolute Gasteiger partial charge is 0.0226 e. The maximum atomic E-state index is 7.10. The number of hydrogen-bond acceptors (Lipinski definition) is 2. The van der Waals surface area contributed by atoms with Crippen molar-refractivity contribution in [2.75, 3.05) is 0 Å². The molecule has 0 saturated heterocycles. The molecule has 1 aromatic carbocycles. The first-order valence-electron chi connectivity index (χ1n) is 11.7. The summed E-state index contributed by atoms with van der Waals surface area (Å²) < 4.78 is 0. The summed E-state index contributed by atoms with van der Waals surface area (Å²) in [6.45, 7) is 0. The molecule has 3 fully saturated rings. The molecule has 2 nitrogen and oxygen atoms in total. The topological polar surface area (TPSA) is 52.0 Å². The fourth-order valence-corrected chi connectivity index (χ4v) is 6.47. The summed E-state index contributed by atoms with van der Waals surface area (Å²) in [7, 11) is 0. The van der Waals surface area contributed by atoms with Crippen molar-refractivity contribution < 1.29 is 0 Å². The Kier molecular flexibility index (Phi) is 5.94. The fraction of sp³-hybridized carbons (Fsp3) is 0.760. The maximum absolute atomic E-state index is 7.10. The third-order valence-corrected chi connectivity index (χ3v) is 8.01. The predicted molar refractivity (Wildman–Crippen MR) is 115 cm³/mol. The Morgan fingerprint density at radius 3 is 2.07 bits per heavy atom. The summed E-state index contributed by atoms with van der Waals surface area (Å²) >= 11 is 0. The lowest BCUT2D eigenvalue weighted by Crippen LogP contribution is -2.49. The highest BCUT2D eigenvalue weighted by molar-refractivity contribution is 5.30. The Hall–Kier alpha value is -0.860. The van der Waals surface area contributed by atoms with Gasteiger partial charge in [0.2, 0.25) is 0 Å². The van der Waals surface area contributed by atoms with Crippen LogP contribution in [0.4, 0.5) is 0 Å². The Labute approximate surface area is 166 Å². The van der Waals surface area contributed by atoms with Gasteiger partial charge in [0.05, 0.1) is 0 Å². The van der Waals surface area contributed by atoms with E-state index in [1.165, 1.54) is 101 Å². The Morgan fingerprint density at radius 1 is 0.741 bits per heavy atom. The van der Waals surface area contributed by atoms with Crippen molar-refractivity contribution in [3.8, 4) is 0 Å². The van der Waals surface area contributed by atoms with Crippen LogP contribution in [0.25, 0.3) is 0 Å². The minimum Gasteiger partial charge on any atom is -0.325 e. The molecule has 2 heteroatoms. The molecule has 0 amide bonds. The lowest BCUT2D eigenvalue weighted by molar-refractivity contribution is 0.203. The average molecular weight is 369 g/mol. The van der Waals surface area contributed by atoms with Crippen LogP contribution in [0.15, 0.2) is 24.3 Å². The molecule has 4 N–H and O–H groups in total. The monoisotopic (exact) mass is 368 g/mol. The van der Waals surface area contributed by atoms with Crippen molar-refractivity contribution in [3.63, 3.8) is 0 Å². The third kappa shape index (κ3) is 4.59. The lowest BCUT2D eigenvalue weighted by atomic mass is 9.66. The van der Waals surface area contributed by atoms with Gasteiger partial charge < -0.3 is 11.5 Å². The van der Waals surface area contributed by atoms with Crippen molar-refractivity contribution in [2.24, 2.45) is 17.4 Å². The van der Waals surface area contributed by atoms with Gasteiger partial charge in [0.15, 0.2) is 0 Å². The van der Waals surface area contributed by atoms with Crippen LogP contribution in [-0.4, -0.2) is 11.1 Å². The number of hydrogen-bond donors (Lipinski definition) is 2. The van der Waals surface area contributed by atoms with Crippen LogP contribution >= 0.6 is 0 Å². The molecule has 3 aliphatic carbocycles. The minimum atomic E-state index is 0.0211. The average Bonchev–Trinajstić information content (AvgIpc) is 3.16.